The Morgan fingerprint density at radius 1 is 0.968 bits per heavy atom. The van der Waals surface area contributed by atoms with E-state index in [2.05, 4.69) is 0 Å². The normalized spacial score (nSPS) is 17.7. The quantitative estimate of drug-likeness (QED) is 0.350. The molecule has 3 aromatic rings. The maximum Gasteiger partial charge on any atom is 0.295 e. The lowest BCUT2D eigenvalue weighted by molar-refractivity contribution is -0.140. The molecule has 1 heterocycles. The Morgan fingerprint density at radius 2 is 1.61 bits per heavy atom. The van der Waals surface area contributed by atoms with Crippen LogP contribution in [0.15, 0.2) is 84.4 Å². The number of amides is 1. The Bertz CT molecular complexity index is 1140. The van der Waals surface area contributed by atoms with Gasteiger partial charge in [0, 0.05) is 17.1 Å². The highest BCUT2D eigenvalue weighted by atomic mass is 35.5. The summed E-state index contributed by atoms with van der Waals surface area (Å²) in [6.45, 7) is 0.214. The van der Waals surface area contributed by atoms with Gasteiger partial charge in [-0.1, -0.05) is 54.1 Å². The van der Waals surface area contributed by atoms with E-state index in [-0.39, 0.29) is 17.9 Å². The van der Waals surface area contributed by atoms with Gasteiger partial charge in [-0.15, -0.1) is 0 Å². The number of aliphatic hydroxyl groups is 1. The number of aliphatic hydroxyl groups excluding tert-OH is 1. The number of carbonyl (C=O) groups is 2. The van der Waals surface area contributed by atoms with Gasteiger partial charge in [0.05, 0.1) is 18.7 Å². The molecule has 1 saturated heterocycles. The lowest BCUT2D eigenvalue weighted by Gasteiger charge is -2.25. The molecule has 1 aliphatic heterocycles. The molecule has 0 aromatic heterocycles. The fourth-order valence-electron chi connectivity index (χ4n) is 3.72. The van der Waals surface area contributed by atoms with Crippen molar-refractivity contribution >= 4 is 29.1 Å². The summed E-state index contributed by atoms with van der Waals surface area (Å²) < 4.78 is 5.19. The van der Waals surface area contributed by atoms with E-state index in [0.29, 0.717) is 16.3 Å². The van der Waals surface area contributed by atoms with E-state index in [1.807, 2.05) is 42.5 Å². The van der Waals surface area contributed by atoms with Crippen LogP contribution in [0, 0.1) is 0 Å². The van der Waals surface area contributed by atoms with Crippen LogP contribution in [0.2, 0.25) is 5.02 Å². The van der Waals surface area contributed by atoms with Gasteiger partial charge in [0.2, 0.25) is 0 Å². The summed E-state index contributed by atoms with van der Waals surface area (Å²) in [6.07, 6.45) is 0. The Kier molecular flexibility index (Phi) is 5.78. The van der Waals surface area contributed by atoms with Crippen LogP contribution in [0.25, 0.3) is 5.76 Å². The number of hydrogen-bond acceptors (Lipinski definition) is 4. The molecule has 0 saturated carbocycles. The van der Waals surface area contributed by atoms with Crippen molar-refractivity contribution in [2.45, 2.75) is 12.6 Å². The molecule has 1 aliphatic rings. The molecule has 6 heteroatoms. The van der Waals surface area contributed by atoms with Gasteiger partial charge in [0.1, 0.15) is 11.5 Å². The Hall–Kier alpha value is -3.57. The zero-order valence-electron chi connectivity index (χ0n) is 16.8. The highest BCUT2D eigenvalue weighted by Gasteiger charge is 2.45. The van der Waals surface area contributed by atoms with Crippen molar-refractivity contribution in [1.82, 2.24) is 4.90 Å². The molecule has 0 aliphatic carbocycles. The van der Waals surface area contributed by atoms with Crippen molar-refractivity contribution in [2.24, 2.45) is 0 Å². The topological polar surface area (TPSA) is 66.8 Å². The molecule has 4 rings (SSSR count). The van der Waals surface area contributed by atoms with Crippen molar-refractivity contribution < 1.29 is 19.4 Å². The SMILES string of the molecule is COc1ccc(CN2C(=O)C(=O)/C(=C(\O)c3ccc(Cl)cc3)C2c2ccccc2)cc1. The minimum absolute atomic E-state index is 0.0621. The van der Waals surface area contributed by atoms with Gasteiger partial charge in [0.25, 0.3) is 11.7 Å². The first-order valence-corrected chi connectivity index (χ1v) is 10.1. The largest absolute Gasteiger partial charge is 0.507 e. The van der Waals surface area contributed by atoms with Crippen LogP contribution in [-0.2, 0) is 16.1 Å². The maximum atomic E-state index is 13.0. The van der Waals surface area contributed by atoms with Gasteiger partial charge in [0.15, 0.2) is 0 Å². The minimum Gasteiger partial charge on any atom is -0.507 e. The number of nitrogens with zero attached hydrogens (tertiary/aromatic N) is 1. The van der Waals surface area contributed by atoms with Crippen molar-refractivity contribution in [3.8, 4) is 5.75 Å². The number of ether oxygens (including phenoxy) is 1. The van der Waals surface area contributed by atoms with Crippen LogP contribution < -0.4 is 4.74 Å². The molecule has 1 amide bonds. The van der Waals surface area contributed by atoms with Gasteiger partial charge >= 0.3 is 0 Å². The number of Topliss-reactive ketones (excluding diaryl/α,β-unsaturated/α-hetero) is 1. The van der Waals surface area contributed by atoms with Crippen LogP contribution in [0.1, 0.15) is 22.7 Å². The molecular weight excluding hydrogens is 414 g/mol. The molecule has 0 spiro atoms. The maximum absolute atomic E-state index is 13.0. The summed E-state index contributed by atoms with van der Waals surface area (Å²) in [4.78, 5) is 27.5. The van der Waals surface area contributed by atoms with Crippen LogP contribution >= 0.6 is 11.6 Å². The van der Waals surface area contributed by atoms with E-state index >= 15 is 0 Å². The van der Waals surface area contributed by atoms with Gasteiger partial charge in [-0.25, -0.2) is 0 Å². The first kappa shape index (κ1) is 20.7. The highest BCUT2D eigenvalue weighted by Crippen LogP contribution is 2.40. The molecule has 3 aromatic carbocycles. The minimum atomic E-state index is -0.713. The van der Waals surface area contributed by atoms with Gasteiger partial charge in [-0.05, 0) is 47.5 Å². The van der Waals surface area contributed by atoms with Gasteiger partial charge in [-0.2, -0.15) is 0 Å². The van der Waals surface area contributed by atoms with Crippen LogP contribution in [0.3, 0.4) is 0 Å². The number of benzene rings is 3. The number of methoxy groups -OCH3 is 1. The Morgan fingerprint density at radius 3 is 2.23 bits per heavy atom. The monoisotopic (exact) mass is 433 g/mol. The smallest absolute Gasteiger partial charge is 0.295 e. The van der Waals surface area contributed by atoms with E-state index in [9.17, 15) is 14.7 Å². The second-order valence-electron chi connectivity index (χ2n) is 7.19. The van der Waals surface area contributed by atoms with Crippen molar-refractivity contribution in [1.29, 1.82) is 0 Å². The molecule has 5 nitrogen and oxygen atoms in total. The fourth-order valence-corrected chi connectivity index (χ4v) is 3.84. The summed E-state index contributed by atoms with van der Waals surface area (Å²) in [7, 11) is 1.58. The molecule has 0 radical (unpaired) electrons. The number of likely N-dealkylation sites (tertiary alicyclic amines) is 1. The van der Waals surface area contributed by atoms with Crippen LogP contribution in [0.5, 0.6) is 5.75 Å². The summed E-state index contributed by atoms with van der Waals surface area (Å²) in [5, 5.41) is 11.5. The van der Waals surface area contributed by atoms with Crippen molar-refractivity contribution in [2.75, 3.05) is 7.11 Å². The molecule has 156 valence electrons. The lowest BCUT2D eigenvalue weighted by atomic mass is 9.95. The molecule has 1 N–H and O–H groups in total. The summed E-state index contributed by atoms with van der Waals surface area (Å²) in [5.74, 6) is -0.885. The Labute approximate surface area is 185 Å². The zero-order chi connectivity index (χ0) is 22.0. The number of rotatable bonds is 5. The third kappa shape index (κ3) is 4.05. The zero-order valence-corrected chi connectivity index (χ0v) is 17.5. The third-order valence-electron chi connectivity index (χ3n) is 5.28. The Balaban J connectivity index is 1.80. The summed E-state index contributed by atoms with van der Waals surface area (Å²) in [5.41, 5.74) is 2.07. The van der Waals surface area contributed by atoms with E-state index in [0.717, 1.165) is 11.1 Å². The summed E-state index contributed by atoms with van der Waals surface area (Å²) >= 11 is 5.95. The predicted octanol–water partition coefficient (Wildman–Crippen LogP) is 4.97. The van der Waals surface area contributed by atoms with Crippen molar-refractivity contribution in [3.63, 3.8) is 0 Å². The fraction of sp³-hybridized carbons (Fsp3) is 0.120. The number of halogens is 1. The molecule has 0 bridgehead atoms. The first-order valence-electron chi connectivity index (χ1n) is 9.72. The van der Waals surface area contributed by atoms with Crippen molar-refractivity contribution in [3.05, 3.63) is 106 Å². The van der Waals surface area contributed by atoms with E-state index < -0.39 is 17.7 Å². The highest BCUT2D eigenvalue weighted by molar-refractivity contribution is 6.46. The van der Waals surface area contributed by atoms with Gasteiger partial charge < -0.3 is 14.7 Å². The summed E-state index contributed by atoms with van der Waals surface area (Å²) in [6, 6.07) is 22.3. The van der Waals surface area contributed by atoms with Crippen LogP contribution in [0.4, 0.5) is 0 Å². The van der Waals surface area contributed by atoms with Crippen LogP contribution in [-0.4, -0.2) is 28.8 Å². The molecule has 1 fully saturated rings. The number of hydrogen-bond donors (Lipinski definition) is 1. The predicted molar refractivity (Wildman–Crippen MR) is 119 cm³/mol. The molecule has 31 heavy (non-hydrogen) atoms. The average Bonchev–Trinajstić information content (AvgIpc) is 3.05. The molecule has 1 atom stereocenters. The first-order chi connectivity index (χ1) is 15.0. The third-order valence-corrected chi connectivity index (χ3v) is 5.54. The number of ketones is 1. The standard InChI is InChI=1S/C25H20ClNO4/c1-31-20-13-7-16(8-14-20)15-27-22(17-5-3-2-4-6-17)21(24(29)25(27)30)23(28)18-9-11-19(26)12-10-18/h2-14,22,28H,15H2,1H3/b23-21-. The lowest BCUT2D eigenvalue weighted by Crippen LogP contribution is -2.29. The van der Waals surface area contributed by atoms with E-state index in [1.54, 1.807) is 43.5 Å². The molecular formula is C25H20ClNO4. The number of carbonyl (C=O) groups excluding carboxylic acids is 2. The van der Waals surface area contributed by atoms with Gasteiger partial charge in [-0.3, -0.25) is 9.59 Å². The second-order valence-corrected chi connectivity index (χ2v) is 7.63. The molecule has 1 unspecified atom stereocenters. The van der Waals surface area contributed by atoms with E-state index in [4.69, 9.17) is 16.3 Å². The van der Waals surface area contributed by atoms with E-state index in [1.165, 1.54) is 4.90 Å². The average molecular weight is 434 g/mol. The second kappa shape index (κ2) is 8.66.